The Bertz CT molecular complexity index is 400. The molecule has 1 unspecified atom stereocenters. The standard InChI is InChI=1S/C11H14Br2N2OS/c12-9-6-8(10(13)17-9)11(16)15-7-2-1-4-14-5-3-7/h6-7,14H,1-5H2,(H,15,16). The Morgan fingerprint density at radius 3 is 2.94 bits per heavy atom. The molecule has 0 aliphatic carbocycles. The first-order valence-corrected chi connectivity index (χ1v) is 8.03. The second-order valence-electron chi connectivity index (χ2n) is 4.09. The smallest absolute Gasteiger partial charge is 0.253 e. The summed E-state index contributed by atoms with van der Waals surface area (Å²) in [6.07, 6.45) is 3.19. The summed E-state index contributed by atoms with van der Waals surface area (Å²) in [7, 11) is 0. The molecule has 0 aromatic carbocycles. The van der Waals surface area contributed by atoms with Crippen LogP contribution in [0, 0.1) is 0 Å². The number of hydrogen-bond donors (Lipinski definition) is 2. The quantitative estimate of drug-likeness (QED) is 0.826. The van der Waals surface area contributed by atoms with Gasteiger partial charge in [0.25, 0.3) is 5.91 Å². The Labute approximate surface area is 122 Å². The second kappa shape index (κ2) is 6.31. The molecule has 0 bridgehead atoms. The molecule has 94 valence electrons. The van der Waals surface area contributed by atoms with Crippen LogP contribution >= 0.6 is 43.2 Å². The highest BCUT2D eigenvalue weighted by atomic mass is 79.9. The molecule has 2 N–H and O–H groups in total. The van der Waals surface area contributed by atoms with Crippen molar-refractivity contribution in [3.63, 3.8) is 0 Å². The molecule has 1 aromatic rings. The van der Waals surface area contributed by atoms with Gasteiger partial charge in [0.1, 0.15) is 0 Å². The number of halogens is 2. The summed E-state index contributed by atoms with van der Waals surface area (Å²) in [4.78, 5) is 12.1. The van der Waals surface area contributed by atoms with Crippen LogP contribution in [0.1, 0.15) is 29.6 Å². The van der Waals surface area contributed by atoms with Crippen LogP contribution in [-0.2, 0) is 0 Å². The third kappa shape index (κ3) is 3.77. The summed E-state index contributed by atoms with van der Waals surface area (Å²) < 4.78 is 1.85. The minimum absolute atomic E-state index is 0.0192. The van der Waals surface area contributed by atoms with Gasteiger partial charge in [0.15, 0.2) is 0 Å². The van der Waals surface area contributed by atoms with Gasteiger partial charge in [0.05, 0.1) is 13.1 Å². The molecule has 1 saturated heterocycles. The maximum absolute atomic E-state index is 12.1. The lowest BCUT2D eigenvalue weighted by molar-refractivity contribution is 0.0934. The largest absolute Gasteiger partial charge is 0.349 e. The van der Waals surface area contributed by atoms with Gasteiger partial charge in [-0.25, -0.2) is 0 Å². The van der Waals surface area contributed by atoms with Crippen molar-refractivity contribution < 1.29 is 4.79 Å². The topological polar surface area (TPSA) is 41.1 Å². The summed E-state index contributed by atoms with van der Waals surface area (Å²) in [5.74, 6) is 0.0192. The average Bonchev–Trinajstić information content (AvgIpc) is 2.51. The van der Waals surface area contributed by atoms with E-state index in [1.807, 2.05) is 6.07 Å². The number of amides is 1. The SMILES string of the molecule is O=C(NC1CCCNCC1)c1cc(Br)sc1Br. The molecule has 0 radical (unpaired) electrons. The summed E-state index contributed by atoms with van der Waals surface area (Å²) in [5, 5.41) is 6.45. The van der Waals surface area contributed by atoms with Crippen LogP contribution in [0.15, 0.2) is 13.6 Å². The van der Waals surface area contributed by atoms with E-state index < -0.39 is 0 Å². The zero-order chi connectivity index (χ0) is 12.3. The third-order valence-electron chi connectivity index (χ3n) is 2.81. The number of nitrogens with one attached hydrogen (secondary N) is 2. The van der Waals surface area contributed by atoms with Crippen molar-refractivity contribution in [2.75, 3.05) is 13.1 Å². The minimum atomic E-state index is 0.0192. The van der Waals surface area contributed by atoms with Crippen molar-refractivity contribution in [1.29, 1.82) is 0 Å². The fraction of sp³-hybridized carbons (Fsp3) is 0.545. The molecule has 1 aliphatic rings. The zero-order valence-corrected chi connectivity index (χ0v) is 13.3. The van der Waals surface area contributed by atoms with Gasteiger partial charge in [0.2, 0.25) is 0 Å². The first-order chi connectivity index (χ1) is 8.16. The van der Waals surface area contributed by atoms with Gasteiger partial charge in [0, 0.05) is 6.04 Å². The van der Waals surface area contributed by atoms with Crippen molar-refractivity contribution in [3.8, 4) is 0 Å². The van der Waals surface area contributed by atoms with Crippen molar-refractivity contribution in [2.45, 2.75) is 25.3 Å². The molecule has 2 rings (SSSR count). The van der Waals surface area contributed by atoms with Crippen LogP contribution in [0.5, 0.6) is 0 Å². The second-order valence-corrected chi connectivity index (χ2v) is 7.84. The highest BCUT2D eigenvalue weighted by Gasteiger charge is 2.18. The predicted octanol–water partition coefficient (Wildman–Crippen LogP) is 3.15. The summed E-state index contributed by atoms with van der Waals surface area (Å²) in [6.45, 7) is 2.04. The average molecular weight is 382 g/mol. The molecule has 1 amide bonds. The van der Waals surface area contributed by atoms with Gasteiger partial charge in [-0.15, -0.1) is 11.3 Å². The van der Waals surface area contributed by atoms with Crippen LogP contribution in [0.4, 0.5) is 0 Å². The van der Waals surface area contributed by atoms with Gasteiger partial charge in [-0.3, -0.25) is 4.79 Å². The van der Waals surface area contributed by atoms with Crippen molar-refractivity contribution in [3.05, 3.63) is 19.2 Å². The number of hydrogen-bond acceptors (Lipinski definition) is 3. The normalized spacial score (nSPS) is 20.9. The summed E-state index contributed by atoms with van der Waals surface area (Å²) in [5.41, 5.74) is 0.721. The van der Waals surface area contributed by atoms with Crippen molar-refractivity contribution >= 4 is 49.1 Å². The highest BCUT2D eigenvalue weighted by molar-refractivity contribution is 9.12. The first-order valence-electron chi connectivity index (χ1n) is 5.63. The van der Waals surface area contributed by atoms with Gasteiger partial charge in [-0.05, 0) is 70.3 Å². The molecule has 1 aromatic heterocycles. The summed E-state index contributed by atoms with van der Waals surface area (Å²) >= 11 is 8.32. The van der Waals surface area contributed by atoms with Crippen LogP contribution in [0.25, 0.3) is 0 Å². The van der Waals surface area contributed by atoms with Crippen LogP contribution < -0.4 is 10.6 Å². The van der Waals surface area contributed by atoms with E-state index in [1.165, 1.54) is 11.3 Å². The number of thiophene rings is 1. The Hall–Kier alpha value is 0.0900. The van der Waals surface area contributed by atoms with Gasteiger partial charge in [-0.1, -0.05) is 0 Å². The fourth-order valence-corrected chi connectivity index (χ4v) is 4.72. The lowest BCUT2D eigenvalue weighted by atomic mass is 10.1. The first kappa shape index (κ1) is 13.5. The van der Waals surface area contributed by atoms with E-state index in [1.54, 1.807) is 0 Å². The van der Waals surface area contributed by atoms with Crippen LogP contribution in [-0.4, -0.2) is 25.0 Å². The number of carbonyl (C=O) groups excluding carboxylic acids is 1. The monoisotopic (exact) mass is 380 g/mol. The zero-order valence-electron chi connectivity index (χ0n) is 9.26. The van der Waals surface area contributed by atoms with E-state index in [-0.39, 0.29) is 5.91 Å². The van der Waals surface area contributed by atoms with E-state index in [0.717, 1.165) is 45.5 Å². The molecule has 1 aliphatic heterocycles. The molecular formula is C11H14Br2N2OS. The maximum atomic E-state index is 12.1. The van der Waals surface area contributed by atoms with Crippen molar-refractivity contribution in [1.82, 2.24) is 10.6 Å². The molecule has 3 nitrogen and oxygen atoms in total. The van der Waals surface area contributed by atoms with E-state index in [0.29, 0.717) is 6.04 Å². The Morgan fingerprint density at radius 1 is 1.41 bits per heavy atom. The van der Waals surface area contributed by atoms with Crippen molar-refractivity contribution in [2.24, 2.45) is 0 Å². The van der Waals surface area contributed by atoms with Gasteiger partial charge >= 0.3 is 0 Å². The Kier molecular flexibility index (Phi) is 5.02. The number of carbonyl (C=O) groups is 1. The molecular weight excluding hydrogens is 368 g/mol. The molecule has 0 saturated carbocycles. The van der Waals surface area contributed by atoms with Gasteiger partial charge in [-0.2, -0.15) is 0 Å². The summed E-state index contributed by atoms with van der Waals surface area (Å²) in [6, 6.07) is 2.15. The van der Waals surface area contributed by atoms with Crippen LogP contribution in [0.3, 0.4) is 0 Å². The molecule has 17 heavy (non-hydrogen) atoms. The Balaban J connectivity index is 1.98. The maximum Gasteiger partial charge on any atom is 0.253 e. The predicted molar refractivity (Wildman–Crippen MR) is 77.7 cm³/mol. The fourth-order valence-electron chi connectivity index (χ4n) is 1.92. The van der Waals surface area contributed by atoms with Gasteiger partial charge < -0.3 is 10.6 Å². The highest BCUT2D eigenvalue weighted by Crippen LogP contribution is 2.31. The van der Waals surface area contributed by atoms with E-state index in [9.17, 15) is 4.79 Å². The van der Waals surface area contributed by atoms with E-state index >= 15 is 0 Å². The lowest BCUT2D eigenvalue weighted by Gasteiger charge is -2.15. The molecule has 1 atom stereocenters. The van der Waals surface area contributed by atoms with E-state index in [2.05, 4.69) is 42.5 Å². The minimum Gasteiger partial charge on any atom is -0.349 e. The number of rotatable bonds is 2. The molecule has 0 spiro atoms. The molecule has 1 fully saturated rings. The van der Waals surface area contributed by atoms with Crippen LogP contribution in [0.2, 0.25) is 0 Å². The molecule has 6 heteroatoms. The van der Waals surface area contributed by atoms with E-state index in [4.69, 9.17) is 0 Å². The molecule has 2 heterocycles. The Morgan fingerprint density at radius 2 is 2.24 bits per heavy atom. The lowest BCUT2D eigenvalue weighted by Crippen LogP contribution is -2.35. The third-order valence-corrected chi connectivity index (χ3v) is 5.15.